The monoisotopic (exact) mass is 483 g/mol. The van der Waals surface area contributed by atoms with Crippen molar-refractivity contribution in [1.82, 2.24) is 5.32 Å². The lowest BCUT2D eigenvalue weighted by Gasteiger charge is -2.38. The number of hydrogen-bond acceptors (Lipinski definition) is 5. The summed E-state index contributed by atoms with van der Waals surface area (Å²) in [6.07, 6.45) is 1.16. The zero-order valence-electron chi connectivity index (χ0n) is 18.2. The van der Waals surface area contributed by atoms with Crippen LogP contribution in [0.1, 0.15) is 52.2 Å². The molecule has 1 N–H and O–H groups in total. The van der Waals surface area contributed by atoms with Crippen LogP contribution in [-0.4, -0.2) is 18.4 Å². The number of dihydropyridines is 1. The van der Waals surface area contributed by atoms with Gasteiger partial charge in [-0.3, -0.25) is 4.79 Å². The van der Waals surface area contributed by atoms with E-state index in [1.54, 1.807) is 6.92 Å². The summed E-state index contributed by atoms with van der Waals surface area (Å²) in [6.45, 7) is 8.06. The highest BCUT2D eigenvalue weighted by Gasteiger charge is 2.44. The highest BCUT2D eigenvalue weighted by atomic mass is 79.9. The Morgan fingerprint density at radius 1 is 1.23 bits per heavy atom. The summed E-state index contributed by atoms with van der Waals surface area (Å²) in [5.74, 6) is 0.260. The van der Waals surface area contributed by atoms with Crippen LogP contribution in [-0.2, 0) is 14.3 Å². The molecule has 0 spiro atoms. The van der Waals surface area contributed by atoms with E-state index in [1.165, 1.54) is 0 Å². The number of Topliss-reactive ketones (excluding diaryl/α,β-unsaturated/α-hetero) is 1. The van der Waals surface area contributed by atoms with Crippen molar-refractivity contribution >= 4 is 27.7 Å². The van der Waals surface area contributed by atoms with Gasteiger partial charge in [-0.1, -0.05) is 48.0 Å². The number of esters is 1. The van der Waals surface area contributed by atoms with Crippen LogP contribution in [0.4, 0.5) is 0 Å². The molecule has 0 saturated heterocycles. The number of hydrogen-bond donors (Lipinski definition) is 1. The van der Waals surface area contributed by atoms with Crippen LogP contribution in [0, 0.1) is 5.41 Å². The van der Waals surface area contributed by atoms with Gasteiger partial charge in [0.1, 0.15) is 11.5 Å². The van der Waals surface area contributed by atoms with Gasteiger partial charge in [0, 0.05) is 33.4 Å². The average molecular weight is 484 g/mol. The largest absolute Gasteiger partial charge is 0.463 e. The second-order valence-corrected chi connectivity index (χ2v) is 9.69. The van der Waals surface area contributed by atoms with Crippen molar-refractivity contribution in [1.29, 1.82) is 0 Å². The first-order valence-corrected chi connectivity index (χ1v) is 11.3. The fraction of sp³-hybridized carbons (Fsp3) is 0.360. The number of carbonyl (C=O) groups excluding carboxylic acids is 2. The van der Waals surface area contributed by atoms with Gasteiger partial charge in [-0.25, -0.2) is 4.79 Å². The highest BCUT2D eigenvalue weighted by molar-refractivity contribution is 9.10. The minimum atomic E-state index is -0.588. The first-order valence-electron chi connectivity index (χ1n) is 10.5. The van der Waals surface area contributed by atoms with Gasteiger partial charge in [0.15, 0.2) is 5.78 Å². The van der Waals surface area contributed by atoms with Gasteiger partial charge < -0.3 is 14.5 Å². The van der Waals surface area contributed by atoms with Gasteiger partial charge in [-0.05, 0) is 43.9 Å². The minimum absolute atomic E-state index is 0.0388. The summed E-state index contributed by atoms with van der Waals surface area (Å²) in [4.78, 5) is 26.2. The van der Waals surface area contributed by atoms with Crippen LogP contribution in [0.25, 0.3) is 11.3 Å². The summed E-state index contributed by atoms with van der Waals surface area (Å²) in [5.41, 5.74) is 3.38. The van der Waals surface area contributed by atoms with Crippen molar-refractivity contribution in [3.63, 3.8) is 0 Å². The summed E-state index contributed by atoms with van der Waals surface area (Å²) in [7, 11) is 0. The van der Waals surface area contributed by atoms with E-state index < -0.39 is 11.9 Å². The maximum absolute atomic E-state index is 13.3. The van der Waals surface area contributed by atoms with Crippen LogP contribution in [0.3, 0.4) is 0 Å². The topological polar surface area (TPSA) is 68.5 Å². The smallest absolute Gasteiger partial charge is 0.336 e. The standard InChI is InChI=1S/C25H26BrNO4/c1-5-30-24(29)21-14(2)27-17-12-25(3,4)13-18(28)22(17)23(21)20-11-10-19(31-20)15-8-6-7-9-16(15)26/h6-11,23,27H,5,12-13H2,1-4H3/t23-/m1/s1. The van der Waals surface area contributed by atoms with E-state index in [-0.39, 0.29) is 17.8 Å². The Hall–Kier alpha value is -2.60. The number of nitrogens with one attached hydrogen (secondary N) is 1. The summed E-state index contributed by atoms with van der Waals surface area (Å²) < 4.78 is 12.5. The number of rotatable bonds is 4. The number of furan rings is 1. The van der Waals surface area contributed by atoms with Crippen molar-refractivity contribution in [2.24, 2.45) is 5.41 Å². The quantitative estimate of drug-likeness (QED) is 0.550. The van der Waals surface area contributed by atoms with E-state index >= 15 is 0 Å². The maximum atomic E-state index is 13.3. The number of allylic oxidation sites excluding steroid dienone is 3. The number of carbonyl (C=O) groups is 2. The molecule has 6 heteroatoms. The van der Waals surface area contributed by atoms with E-state index in [4.69, 9.17) is 9.15 Å². The normalized spacial score (nSPS) is 20.4. The average Bonchev–Trinajstić information content (AvgIpc) is 3.16. The van der Waals surface area contributed by atoms with Gasteiger partial charge in [-0.15, -0.1) is 0 Å². The predicted octanol–water partition coefficient (Wildman–Crippen LogP) is 5.88. The molecule has 1 aliphatic carbocycles. The number of benzene rings is 1. The molecular formula is C25H26BrNO4. The van der Waals surface area contributed by atoms with Gasteiger partial charge in [0.05, 0.1) is 18.1 Å². The van der Waals surface area contributed by atoms with Crippen LogP contribution in [0.5, 0.6) is 0 Å². The lowest BCUT2D eigenvalue weighted by Crippen LogP contribution is -2.38. The first-order chi connectivity index (χ1) is 14.7. The Balaban J connectivity index is 1.85. The SMILES string of the molecule is CCOC(=O)C1=C(C)NC2=C(C(=O)CC(C)(C)C2)[C@@H]1c1ccc(-c2ccccc2Br)o1. The van der Waals surface area contributed by atoms with Gasteiger partial charge in [0.25, 0.3) is 0 Å². The molecule has 5 nitrogen and oxygen atoms in total. The Bertz CT molecular complexity index is 1120. The van der Waals surface area contributed by atoms with E-state index in [1.807, 2.05) is 43.3 Å². The molecule has 0 unspecified atom stereocenters. The summed E-state index contributed by atoms with van der Waals surface area (Å²) >= 11 is 3.56. The zero-order chi connectivity index (χ0) is 22.3. The van der Waals surface area contributed by atoms with E-state index in [2.05, 4.69) is 35.1 Å². The van der Waals surface area contributed by atoms with Gasteiger partial charge >= 0.3 is 5.97 Å². The maximum Gasteiger partial charge on any atom is 0.336 e. The van der Waals surface area contributed by atoms with Crippen molar-refractivity contribution in [3.05, 3.63) is 69.2 Å². The molecule has 0 bridgehead atoms. The molecule has 2 aliphatic rings. The van der Waals surface area contributed by atoms with Crippen molar-refractivity contribution in [2.75, 3.05) is 6.61 Å². The van der Waals surface area contributed by atoms with Gasteiger partial charge in [-0.2, -0.15) is 0 Å². The minimum Gasteiger partial charge on any atom is -0.463 e. The third-order valence-corrected chi connectivity index (χ3v) is 6.48. The summed E-state index contributed by atoms with van der Waals surface area (Å²) in [5, 5.41) is 3.33. The second kappa shape index (κ2) is 8.15. The number of ketones is 1. The van der Waals surface area contributed by atoms with Crippen LogP contribution >= 0.6 is 15.9 Å². The molecule has 1 aliphatic heterocycles. The Morgan fingerprint density at radius 3 is 2.68 bits per heavy atom. The third kappa shape index (κ3) is 4.01. The van der Waals surface area contributed by atoms with E-state index in [9.17, 15) is 9.59 Å². The molecule has 2 aromatic rings. The van der Waals surface area contributed by atoms with Crippen molar-refractivity contribution < 1.29 is 18.7 Å². The zero-order valence-corrected chi connectivity index (χ0v) is 19.8. The molecular weight excluding hydrogens is 458 g/mol. The van der Waals surface area contributed by atoms with Crippen LogP contribution in [0.2, 0.25) is 0 Å². The van der Waals surface area contributed by atoms with Crippen molar-refractivity contribution in [2.45, 2.75) is 46.5 Å². The third-order valence-electron chi connectivity index (χ3n) is 5.79. The fourth-order valence-corrected chi connectivity index (χ4v) is 4.99. The lowest BCUT2D eigenvalue weighted by molar-refractivity contribution is -0.138. The van der Waals surface area contributed by atoms with Crippen LogP contribution in [0.15, 0.2) is 67.8 Å². The molecule has 1 atom stereocenters. The molecule has 4 rings (SSSR count). The molecule has 0 saturated carbocycles. The molecule has 0 fully saturated rings. The van der Waals surface area contributed by atoms with E-state index in [0.717, 1.165) is 22.2 Å². The second-order valence-electron chi connectivity index (χ2n) is 8.83. The Kier molecular flexibility index (Phi) is 5.69. The van der Waals surface area contributed by atoms with Crippen LogP contribution < -0.4 is 5.32 Å². The molecule has 0 radical (unpaired) electrons. The number of ether oxygens (including phenoxy) is 1. The Labute approximate surface area is 190 Å². The highest BCUT2D eigenvalue weighted by Crippen LogP contribution is 2.47. The molecule has 2 heterocycles. The predicted molar refractivity (Wildman–Crippen MR) is 122 cm³/mol. The van der Waals surface area contributed by atoms with Crippen molar-refractivity contribution in [3.8, 4) is 11.3 Å². The molecule has 1 aromatic carbocycles. The molecule has 0 amide bonds. The fourth-order valence-electron chi connectivity index (χ4n) is 4.51. The van der Waals surface area contributed by atoms with Gasteiger partial charge in [0.2, 0.25) is 0 Å². The molecule has 162 valence electrons. The lowest BCUT2D eigenvalue weighted by atomic mass is 9.69. The van der Waals surface area contributed by atoms with E-state index in [0.29, 0.717) is 34.8 Å². The summed E-state index contributed by atoms with van der Waals surface area (Å²) in [6, 6.07) is 11.5. The molecule has 31 heavy (non-hydrogen) atoms. The Morgan fingerprint density at radius 2 is 1.97 bits per heavy atom. The molecule has 1 aromatic heterocycles. The number of halogens is 1. The first kappa shape index (κ1) is 21.6.